The molecule has 2 heterocycles. The van der Waals surface area contributed by atoms with Crippen molar-refractivity contribution < 1.29 is 4.79 Å². The summed E-state index contributed by atoms with van der Waals surface area (Å²) in [6.07, 6.45) is 3.48. The van der Waals surface area contributed by atoms with Crippen molar-refractivity contribution in [2.45, 2.75) is 12.6 Å². The van der Waals surface area contributed by atoms with Crippen molar-refractivity contribution in [2.24, 2.45) is 5.73 Å². The molecule has 4 heteroatoms. The van der Waals surface area contributed by atoms with Crippen molar-refractivity contribution >= 4 is 11.6 Å². The van der Waals surface area contributed by atoms with Crippen LogP contribution in [-0.2, 0) is 11.3 Å². The molecule has 0 aliphatic carbocycles. The van der Waals surface area contributed by atoms with Gasteiger partial charge in [0, 0.05) is 23.6 Å². The summed E-state index contributed by atoms with van der Waals surface area (Å²) in [7, 11) is 0. The highest BCUT2D eigenvalue weighted by atomic mass is 16.2. The molecule has 1 aromatic carbocycles. The highest BCUT2D eigenvalue weighted by molar-refractivity contribution is 6.04. The lowest BCUT2D eigenvalue weighted by Crippen LogP contribution is -2.31. The summed E-state index contributed by atoms with van der Waals surface area (Å²) in [4.78, 5) is 17.9. The Morgan fingerprint density at radius 1 is 1.22 bits per heavy atom. The van der Waals surface area contributed by atoms with Crippen LogP contribution in [0.2, 0.25) is 0 Å². The smallest absolute Gasteiger partial charge is 0.248 e. The quantitative estimate of drug-likeness (QED) is 0.866. The number of aromatic nitrogens is 1. The Morgan fingerprint density at radius 2 is 2.06 bits per heavy atom. The summed E-state index contributed by atoms with van der Waals surface area (Å²) >= 11 is 0. The van der Waals surface area contributed by atoms with Crippen LogP contribution in [0.3, 0.4) is 0 Å². The van der Waals surface area contributed by atoms with E-state index in [1.165, 1.54) is 0 Å². The number of anilines is 1. The molecular weight excluding hydrogens is 226 g/mol. The number of hydrogen-bond acceptors (Lipinski definition) is 3. The normalized spacial score (nSPS) is 17.9. The van der Waals surface area contributed by atoms with E-state index in [9.17, 15) is 4.79 Å². The van der Waals surface area contributed by atoms with Crippen LogP contribution in [0.25, 0.3) is 0 Å². The van der Waals surface area contributed by atoms with E-state index in [2.05, 4.69) is 4.98 Å². The molecule has 2 aromatic rings. The number of nitrogens with two attached hydrogens (primary N) is 1. The lowest BCUT2D eigenvalue weighted by atomic mass is 10.1. The summed E-state index contributed by atoms with van der Waals surface area (Å²) in [5.74, 6) is -0.0555. The Labute approximate surface area is 105 Å². The molecule has 0 bridgehead atoms. The monoisotopic (exact) mass is 239 g/mol. The molecule has 0 saturated heterocycles. The summed E-state index contributed by atoms with van der Waals surface area (Å²) in [6, 6.07) is 10.9. The number of rotatable bonds is 2. The minimum absolute atomic E-state index is 0.0555. The van der Waals surface area contributed by atoms with E-state index in [4.69, 9.17) is 5.73 Å². The average molecular weight is 239 g/mol. The first kappa shape index (κ1) is 10.9. The number of fused-ring (bicyclic) bond motifs is 1. The zero-order valence-corrected chi connectivity index (χ0v) is 9.78. The molecular formula is C14H13N3O. The molecule has 1 unspecified atom stereocenters. The zero-order valence-electron chi connectivity index (χ0n) is 9.78. The van der Waals surface area contributed by atoms with Gasteiger partial charge in [-0.2, -0.15) is 0 Å². The number of pyridine rings is 1. The van der Waals surface area contributed by atoms with Crippen LogP contribution < -0.4 is 10.6 Å². The molecule has 0 saturated carbocycles. The summed E-state index contributed by atoms with van der Waals surface area (Å²) < 4.78 is 0. The van der Waals surface area contributed by atoms with E-state index in [1.54, 1.807) is 17.3 Å². The molecule has 1 aliphatic rings. The van der Waals surface area contributed by atoms with Crippen LogP contribution in [0.15, 0.2) is 48.8 Å². The van der Waals surface area contributed by atoms with Crippen LogP contribution >= 0.6 is 0 Å². The van der Waals surface area contributed by atoms with Crippen LogP contribution in [0.5, 0.6) is 0 Å². The van der Waals surface area contributed by atoms with Gasteiger partial charge in [0.15, 0.2) is 0 Å². The second kappa shape index (κ2) is 4.23. The molecule has 1 aliphatic heterocycles. The SMILES string of the molecule is NC1C(=O)N(Cc2cccnc2)c2ccccc21. The van der Waals surface area contributed by atoms with Gasteiger partial charge in [0.25, 0.3) is 0 Å². The standard InChI is InChI=1S/C14H13N3O/c15-13-11-5-1-2-6-12(11)17(14(13)18)9-10-4-3-7-16-8-10/h1-8,13H,9,15H2. The highest BCUT2D eigenvalue weighted by Gasteiger charge is 2.34. The van der Waals surface area contributed by atoms with Gasteiger partial charge in [-0.05, 0) is 17.7 Å². The minimum atomic E-state index is -0.544. The molecule has 1 amide bonds. The Kier molecular flexibility index (Phi) is 2.57. The van der Waals surface area contributed by atoms with Gasteiger partial charge in [0.05, 0.1) is 6.54 Å². The van der Waals surface area contributed by atoms with Gasteiger partial charge in [-0.1, -0.05) is 24.3 Å². The number of benzene rings is 1. The van der Waals surface area contributed by atoms with Gasteiger partial charge in [-0.3, -0.25) is 9.78 Å². The molecule has 0 fully saturated rings. The maximum absolute atomic E-state index is 12.1. The minimum Gasteiger partial charge on any atom is -0.316 e. The van der Waals surface area contributed by atoms with Crippen molar-refractivity contribution in [1.29, 1.82) is 0 Å². The van der Waals surface area contributed by atoms with Crippen LogP contribution in [-0.4, -0.2) is 10.9 Å². The Morgan fingerprint density at radius 3 is 2.83 bits per heavy atom. The Bertz CT molecular complexity index is 583. The molecule has 3 rings (SSSR count). The van der Waals surface area contributed by atoms with Crippen LogP contribution in [0, 0.1) is 0 Å². The van der Waals surface area contributed by atoms with Crippen molar-refractivity contribution in [2.75, 3.05) is 4.90 Å². The molecule has 18 heavy (non-hydrogen) atoms. The molecule has 0 radical (unpaired) electrons. The van der Waals surface area contributed by atoms with Crippen molar-refractivity contribution in [1.82, 2.24) is 4.98 Å². The molecule has 2 N–H and O–H groups in total. The van der Waals surface area contributed by atoms with Crippen LogP contribution in [0.1, 0.15) is 17.2 Å². The van der Waals surface area contributed by atoms with Gasteiger partial charge < -0.3 is 10.6 Å². The number of para-hydroxylation sites is 1. The van der Waals surface area contributed by atoms with Gasteiger partial charge in [0.1, 0.15) is 6.04 Å². The summed E-state index contributed by atoms with van der Waals surface area (Å²) in [5.41, 5.74) is 8.72. The van der Waals surface area contributed by atoms with E-state index in [0.717, 1.165) is 16.8 Å². The molecule has 4 nitrogen and oxygen atoms in total. The Hall–Kier alpha value is -2.20. The fourth-order valence-electron chi connectivity index (χ4n) is 2.25. The maximum Gasteiger partial charge on any atom is 0.248 e. The third kappa shape index (κ3) is 1.67. The van der Waals surface area contributed by atoms with Gasteiger partial charge in [-0.25, -0.2) is 0 Å². The summed E-state index contributed by atoms with van der Waals surface area (Å²) in [5, 5.41) is 0. The lowest BCUT2D eigenvalue weighted by molar-refractivity contribution is -0.119. The first-order valence-corrected chi connectivity index (χ1v) is 5.82. The van der Waals surface area contributed by atoms with Gasteiger partial charge in [-0.15, -0.1) is 0 Å². The number of carbonyl (C=O) groups excluding carboxylic acids is 1. The number of amides is 1. The third-order valence-electron chi connectivity index (χ3n) is 3.16. The predicted molar refractivity (Wildman–Crippen MR) is 68.8 cm³/mol. The van der Waals surface area contributed by atoms with Crippen molar-refractivity contribution in [3.05, 3.63) is 59.9 Å². The lowest BCUT2D eigenvalue weighted by Gasteiger charge is -2.17. The first-order valence-electron chi connectivity index (χ1n) is 5.82. The fraction of sp³-hybridized carbons (Fsp3) is 0.143. The fourth-order valence-corrected chi connectivity index (χ4v) is 2.25. The molecule has 1 atom stereocenters. The molecule has 0 spiro atoms. The largest absolute Gasteiger partial charge is 0.316 e. The number of hydrogen-bond donors (Lipinski definition) is 1. The zero-order chi connectivity index (χ0) is 12.5. The van der Waals surface area contributed by atoms with Gasteiger partial charge >= 0.3 is 0 Å². The van der Waals surface area contributed by atoms with E-state index in [0.29, 0.717) is 6.54 Å². The average Bonchev–Trinajstić information content (AvgIpc) is 2.66. The first-order chi connectivity index (χ1) is 8.77. The predicted octanol–water partition coefficient (Wildman–Crippen LogP) is 1.63. The molecule has 1 aromatic heterocycles. The topological polar surface area (TPSA) is 59.2 Å². The van der Waals surface area contributed by atoms with Crippen molar-refractivity contribution in [3.63, 3.8) is 0 Å². The van der Waals surface area contributed by atoms with Crippen LogP contribution in [0.4, 0.5) is 5.69 Å². The summed E-state index contributed by atoms with van der Waals surface area (Å²) in [6.45, 7) is 0.511. The van der Waals surface area contributed by atoms with Gasteiger partial charge in [0.2, 0.25) is 5.91 Å². The Balaban J connectivity index is 1.96. The maximum atomic E-state index is 12.1. The second-order valence-electron chi connectivity index (χ2n) is 4.32. The van der Waals surface area contributed by atoms with E-state index in [-0.39, 0.29) is 5.91 Å². The van der Waals surface area contributed by atoms with Crippen molar-refractivity contribution in [3.8, 4) is 0 Å². The van der Waals surface area contributed by atoms with E-state index >= 15 is 0 Å². The number of nitrogens with zero attached hydrogens (tertiary/aromatic N) is 2. The third-order valence-corrected chi connectivity index (χ3v) is 3.16. The second-order valence-corrected chi connectivity index (χ2v) is 4.32. The highest BCUT2D eigenvalue weighted by Crippen LogP contribution is 2.34. The molecule has 90 valence electrons. The van der Waals surface area contributed by atoms with E-state index < -0.39 is 6.04 Å². The number of carbonyl (C=O) groups is 1. The van der Waals surface area contributed by atoms with E-state index in [1.807, 2.05) is 36.4 Å².